The average Bonchev–Trinajstić information content (AvgIpc) is 2.91. The number of aliphatic hydroxyl groups excluding tert-OH is 1. The summed E-state index contributed by atoms with van der Waals surface area (Å²) in [6, 6.07) is 8.88. The zero-order chi connectivity index (χ0) is 27.7. The summed E-state index contributed by atoms with van der Waals surface area (Å²) in [5, 5.41) is 24.8. The van der Waals surface area contributed by atoms with Gasteiger partial charge in [0.1, 0.15) is 11.9 Å². The summed E-state index contributed by atoms with van der Waals surface area (Å²) in [6.07, 6.45) is 5.98. The maximum atomic E-state index is 8.52. The number of halogens is 2. The molecular weight excluding hydrogens is 545 g/mol. The van der Waals surface area contributed by atoms with Crippen LogP contribution in [0.15, 0.2) is 53.2 Å². The molecule has 3 aromatic rings. The maximum absolute atomic E-state index is 8.52. The van der Waals surface area contributed by atoms with Gasteiger partial charge < -0.3 is 25.9 Å². The van der Waals surface area contributed by atoms with Crippen molar-refractivity contribution in [3.63, 3.8) is 0 Å². The Morgan fingerprint density at radius 2 is 1.84 bits per heavy atom. The van der Waals surface area contributed by atoms with E-state index in [0.29, 0.717) is 44.1 Å². The minimum atomic E-state index is -0.427. The van der Waals surface area contributed by atoms with Crippen LogP contribution in [0.5, 0.6) is 5.75 Å². The Kier molecular flexibility index (Phi) is 11.2. The minimum absolute atomic E-state index is 0.00174. The number of aliphatic hydroxyl groups is 1. The van der Waals surface area contributed by atoms with Gasteiger partial charge in [0.05, 0.1) is 21.5 Å². The van der Waals surface area contributed by atoms with E-state index in [9.17, 15) is 0 Å². The van der Waals surface area contributed by atoms with E-state index >= 15 is 0 Å². The summed E-state index contributed by atoms with van der Waals surface area (Å²) in [5.74, 6) is 3.30. The van der Waals surface area contributed by atoms with Crippen molar-refractivity contribution >= 4 is 57.2 Å². The van der Waals surface area contributed by atoms with Crippen LogP contribution in [0.25, 0.3) is 6.08 Å². The summed E-state index contributed by atoms with van der Waals surface area (Å²) >= 11 is 12.5. The van der Waals surface area contributed by atoms with Gasteiger partial charge in [-0.25, -0.2) is 4.36 Å². The van der Waals surface area contributed by atoms with Gasteiger partial charge in [0, 0.05) is 60.9 Å². The highest BCUT2D eigenvalue weighted by Crippen LogP contribution is 2.33. The smallest absolute Gasteiger partial charge is 0.181 e. The molecule has 1 aromatic carbocycles. The first-order valence-electron chi connectivity index (χ1n) is 11.8. The fourth-order valence-electron chi connectivity index (χ4n) is 3.61. The summed E-state index contributed by atoms with van der Waals surface area (Å²) in [6.45, 7) is 3.96. The number of benzene rings is 1. The number of pyridine rings is 1. The van der Waals surface area contributed by atoms with Crippen LogP contribution in [-0.2, 0) is 10.7 Å². The number of nitrogens with one attached hydrogen (secondary N) is 1. The van der Waals surface area contributed by atoms with Crippen LogP contribution in [0.4, 0.5) is 11.5 Å². The first kappa shape index (κ1) is 29.7. The predicted octanol–water partition coefficient (Wildman–Crippen LogP) is 4.97. The Hall–Kier alpha value is -2.89. The van der Waals surface area contributed by atoms with Crippen molar-refractivity contribution in [1.82, 2.24) is 20.1 Å². The summed E-state index contributed by atoms with van der Waals surface area (Å²) in [5.41, 5.74) is 8.63. The van der Waals surface area contributed by atoms with Gasteiger partial charge in [0.15, 0.2) is 5.82 Å². The topological polar surface area (TPSA) is 134 Å². The lowest BCUT2D eigenvalue weighted by molar-refractivity contribution is 0.227. The molecular formula is C26H31Cl2N7O2S. The van der Waals surface area contributed by atoms with Gasteiger partial charge in [0.2, 0.25) is 0 Å². The Morgan fingerprint density at radius 3 is 2.47 bits per heavy atom. The molecule has 1 unspecified atom stereocenters. The molecule has 0 spiro atoms. The molecule has 1 saturated heterocycles. The molecule has 38 heavy (non-hydrogen) atoms. The fraction of sp³-hybridized carbons (Fsp3) is 0.308. The minimum Gasteiger partial charge on any atom is -0.486 e. The number of ether oxygens (including phenoxy) is 1. The first-order chi connectivity index (χ1) is 18.3. The number of hydrogen-bond donors (Lipinski definition) is 3. The van der Waals surface area contributed by atoms with Gasteiger partial charge >= 0.3 is 0 Å². The normalized spacial score (nSPS) is 15.0. The Bertz CT molecular complexity index is 1290. The molecule has 0 aliphatic carbocycles. The van der Waals surface area contributed by atoms with Crippen LogP contribution in [0.2, 0.25) is 10.0 Å². The van der Waals surface area contributed by atoms with Gasteiger partial charge in [-0.2, -0.15) is 0 Å². The lowest BCUT2D eigenvalue weighted by Crippen LogP contribution is -2.34. The second-order valence-corrected chi connectivity index (χ2v) is 11.1. The lowest BCUT2D eigenvalue weighted by Gasteiger charge is -2.23. The van der Waals surface area contributed by atoms with Crippen molar-refractivity contribution in [2.45, 2.75) is 13.0 Å². The van der Waals surface area contributed by atoms with Crippen LogP contribution < -0.4 is 10.5 Å². The molecule has 12 heteroatoms. The van der Waals surface area contributed by atoms with Crippen molar-refractivity contribution in [2.75, 3.05) is 44.5 Å². The number of rotatable bonds is 7. The van der Waals surface area contributed by atoms with Gasteiger partial charge in [-0.1, -0.05) is 33.9 Å². The molecule has 202 valence electrons. The molecule has 1 aliphatic heterocycles. The highest BCUT2D eigenvalue weighted by atomic mass is 35.5. The number of anilines is 1. The van der Waals surface area contributed by atoms with E-state index < -0.39 is 6.10 Å². The van der Waals surface area contributed by atoms with E-state index in [0.717, 1.165) is 31.7 Å². The number of aromatic nitrogens is 3. The van der Waals surface area contributed by atoms with Crippen molar-refractivity contribution < 1.29 is 9.84 Å². The summed E-state index contributed by atoms with van der Waals surface area (Å²) < 4.78 is 10.8. The predicted molar refractivity (Wildman–Crippen MR) is 157 cm³/mol. The van der Waals surface area contributed by atoms with Crippen LogP contribution in [0.3, 0.4) is 0 Å². The first-order valence-corrected chi connectivity index (χ1v) is 14.1. The molecule has 0 saturated carbocycles. The van der Waals surface area contributed by atoms with Crippen LogP contribution >= 0.6 is 23.2 Å². The molecule has 4 N–H and O–H groups in total. The number of nitrogens with zero attached hydrogens (tertiary/aromatic N) is 5. The Balaban J connectivity index is 0.00000195. The highest BCUT2D eigenvalue weighted by Gasteiger charge is 2.17. The highest BCUT2D eigenvalue weighted by molar-refractivity contribution is 7.87. The third kappa shape index (κ3) is 8.05. The van der Waals surface area contributed by atoms with Crippen molar-refractivity contribution in [3.05, 3.63) is 75.7 Å². The zero-order valence-electron chi connectivity index (χ0n) is 21.4. The third-order valence-corrected chi connectivity index (χ3v) is 8.01. The zero-order valence-corrected chi connectivity index (χ0v) is 23.8. The van der Waals surface area contributed by atoms with Gasteiger partial charge in [0.25, 0.3) is 0 Å². The van der Waals surface area contributed by atoms with Crippen LogP contribution in [-0.4, -0.2) is 69.7 Å². The van der Waals surface area contributed by atoms with E-state index in [4.69, 9.17) is 48.6 Å². The average molecular weight is 577 g/mol. The van der Waals surface area contributed by atoms with Crippen molar-refractivity contribution in [2.24, 2.45) is 4.36 Å². The van der Waals surface area contributed by atoms with Crippen LogP contribution in [0.1, 0.15) is 29.8 Å². The van der Waals surface area contributed by atoms with Gasteiger partial charge in [-0.3, -0.25) is 4.98 Å². The molecule has 1 fully saturated rings. The molecule has 0 amide bonds. The second-order valence-electron chi connectivity index (χ2n) is 8.35. The van der Waals surface area contributed by atoms with Crippen molar-refractivity contribution in [1.29, 1.82) is 5.41 Å². The van der Waals surface area contributed by atoms with E-state index in [1.165, 1.54) is 12.4 Å². The number of nitrogens with two attached hydrogens (primary N) is 1. The number of allylic oxidation sites excluding steroid dienone is 1. The van der Waals surface area contributed by atoms with Crippen LogP contribution in [0, 0.1) is 5.41 Å². The molecule has 1 atom stereocenters. The molecule has 2 aromatic heterocycles. The van der Waals surface area contributed by atoms with E-state index in [-0.39, 0.29) is 16.4 Å². The standard InChI is InChI=1S/C25H27Cl2N7OS.CH4O/c1-16(25-20(26)14-30-15-21(25)27)35-18-5-7-23(29)19(13-18)22(28)6-3-17-4-8-24(32-31-17)33-36-11-9-34(2)10-12-36;1-2/h3-8,13-16,28H,9-12,29H2,1-2H3;2H,1H3/b6-3+,28-22?;. The number of hydrogen-bond acceptors (Lipinski definition) is 9. The maximum Gasteiger partial charge on any atom is 0.181 e. The summed E-state index contributed by atoms with van der Waals surface area (Å²) in [7, 11) is 3.13. The van der Waals surface area contributed by atoms with E-state index in [2.05, 4.69) is 27.1 Å². The molecule has 1 aliphatic rings. The third-order valence-electron chi connectivity index (χ3n) is 5.66. The second kappa shape index (κ2) is 14.3. The SMILES string of the molecule is CC(Oc1ccc(N)c(C(=N)/C=C/c2ccc(N=S3CCN(C)CC3)nn2)c1)c1c(Cl)cncc1Cl.CO. The monoisotopic (exact) mass is 575 g/mol. The lowest BCUT2D eigenvalue weighted by atomic mass is 10.1. The van der Waals surface area contributed by atoms with Crippen molar-refractivity contribution in [3.8, 4) is 5.75 Å². The van der Waals surface area contributed by atoms with E-state index in [1.807, 2.05) is 19.1 Å². The van der Waals surface area contributed by atoms with Gasteiger partial charge in [-0.15, -0.1) is 10.2 Å². The summed E-state index contributed by atoms with van der Waals surface area (Å²) in [4.78, 5) is 6.29. The molecule has 3 heterocycles. The number of nitrogen functional groups attached to an aromatic ring is 1. The molecule has 0 bridgehead atoms. The van der Waals surface area contributed by atoms with E-state index in [1.54, 1.807) is 30.4 Å². The Labute approximate surface area is 235 Å². The van der Waals surface area contributed by atoms with Gasteiger partial charge in [-0.05, 0) is 56.5 Å². The quantitative estimate of drug-likeness (QED) is 0.267. The molecule has 4 rings (SSSR count). The molecule has 0 radical (unpaired) electrons. The largest absolute Gasteiger partial charge is 0.486 e. The fourth-order valence-corrected chi connectivity index (χ4v) is 6.07. The Morgan fingerprint density at radius 1 is 1.16 bits per heavy atom. The molecule has 9 nitrogen and oxygen atoms in total.